The minimum absolute atomic E-state index is 0.0842. The van der Waals surface area contributed by atoms with E-state index in [1.54, 1.807) is 13.2 Å². The van der Waals surface area contributed by atoms with Crippen molar-refractivity contribution in [1.82, 2.24) is 15.3 Å². The van der Waals surface area contributed by atoms with Crippen molar-refractivity contribution in [3.63, 3.8) is 0 Å². The molecule has 0 saturated heterocycles. The summed E-state index contributed by atoms with van der Waals surface area (Å²) in [6, 6.07) is 1.76. The van der Waals surface area contributed by atoms with Crippen LogP contribution in [0.4, 0.5) is 5.95 Å². The van der Waals surface area contributed by atoms with Crippen LogP contribution in [0.3, 0.4) is 0 Å². The van der Waals surface area contributed by atoms with E-state index in [-0.39, 0.29) is 11.9 Å². The molecule has 1 amide bonds. The fourth-order valence-electron chi connectivity index (χ4n) is 1.52. The van der Waals surface area contributed by atoms with Gasteiger partial charge < -0.3 is 15.4 Å². The molecule has 0 aromatic carbocycles. The lowest BCUT2D eigenvalue weighted by Crippen LogP contribution is -2.31. The average molecular weight is 266 g/mol. The molecular weight excluding hydrogens is 244 g/mol. The summed E-state index contributed by atoms with van der Waals surface area (Å²) in [6.45, 7) is 7.06. The summed E-state index contributed by atoms with van der Waals surface area (Å²) in [4.78, 5) is 20.3. The molecule has 0 radical (unpaired) electrons. The number of hydrogen-bond donors (Lipinski definition) is 2. The van der Waals surface area contributed by atoms with Gasteiger partial charge in [-0.2, -0.15) is 0 Å². The molecule has 0 aliphatic heterocycles. The summed E-state index contributed by atoms with van der Waals surface area (Å²) in [5.74, 6) is 0.297. The Labute approximate surface area is 114 Å². The monoisotopic (exact) mass is 266 g/mol. The number of carbonyl (C=O) groups excluding carboxylic acids is 1. The van der Waals surface area contributed by atoms with Crippen LogP contribution >= 0.6 is 0 Å². The molecule has 2 N–H and O–H groups in total. The van der Waals surface area contributed by atoms with Gasteiger partial charge in [-0.05, 0) is 33.3 Å². The van der Waals surface area contributed by atoms with Crippen LogP contribution < -0.4 is 10.6 Å². The van der Waals surface area contributed by atoms with Gasteiger partial charge in [0.2, 0.25) is 5.95 Å². The molecule has 0 fully saturated rings. The third kappa shape index (κ3) is 5.65. The number of ether oxygens (including phenoxy) is 1. The number of aryl methyl sites for hydroxylation is 1. The number of carbonyl (C=O) groups is 1. The van der Waals surface area contributed by atoms with Crippen LogP contribution in [0.1, 0.15) is 36.5 Å². The predicted octanol–water partition coefficient (Wildman–Crippen LogP) is 1.37. The minimum atomic E-state index is -0.180. The number of nitrogens with one attached hydrogen (secondary N) is 2. The Morgan fingerprint density at radius 3 is 2.79 bits per heavy atom. The zero-order valence-corrected chi connectivity index (χ0v) is 12.0. The number of amides is 1. The van der Waals surface area contributed by atoms with Gasteiger partial charge in [0.25, 0.3) is 5.91 Å². The maximum Gasteiger partial charge on any atom is 0.270 e. The highest BCUT2D eigenvalue weighted by molar-refractivity contribution is 5.92. The first-order valence-electron chi connectivity index (χ1n) is 6.42. The molecule has 19 heavy (non-hydrogen) atoms. The van der Waals surface area contributed by atoms with E-state index in [4.69, 9.17) is 4.74 Å². The lowest BCUT2D eigenvalue weighted by molar-refractivity contribution is 0.0938. The third-order valence-electron chi connectivity index (χ3n) is 2.31. The van der Waals surface area contributed by atoms with Gasteiger partial charge >= 0.3 is 0 Å². The fraction of sp³-hybridized carbons (Fsp3) is 0.615. The summed E-state index contributed by atoms with van der Waals surface area (Å²) < 4.78 is 4.96. The molecular formula is C13H22N4O2. The molecule has 1 rings (SSSR count). The van der Waals surface area contributed by atoms with Gasteiger partial charge in [0.1, 0.15) is 5.69 Å². The molecule has 0 bridgehead atoms. The average Bonchev–Trinajstić information content (AvgIpc) is 2.33. The zero-order chi connectivity index (χ0) is 14.3. The van der Waals surface area contributed by atoms with Crippen molar-refractivity contribution < 1.29 is 9.53 Å². The second kappa shape index (κ2) is 7.68. The highest BCUT2D eigenvalue weighted by atomic mass is 16.5. The van der Waals surface area contributed by atoms with Crippen LogP contribution in [0.25, 0.3) is 0 Å². The van der Waals surface area contributed by atoms with Gasteiger partial charge in [0.05, 0.1) is 0 Å². The van der Waals surface area contributed by atoms with Crippen LogP contribution in [0, 0.1) is 6.92 Å². The molecule has 1 aromatic heterocycles. The van der Waals surface area contributed by atoms with Crippen LogP contribution in [-0.2, 0) is 4.74 Å². The smallest absolute Gasteiger partial charge is 0.270 e. The number of hydrogen-bond acceptors (Lipinski definition) is 5. The highest BCUT2D eigenvalue weighted by Gasteiger charge is 2.11. The maximum atomic E-state index is 11.9. The SMILES string of the molecule is COCCCNc1nc(C)cc(C(=O)NC(C)C)n1. The molecule has 0 saturated carbocycles. The third-order valence-corrected chi connectivity index (χ3v) is 2.31. The van der Waals surface area contributed by atoms with Gasteiger partial charge in [-0.3, -0.25) is 4.79 Å². The second-order valence-corrected chi connectivity index (χ2v) is 4.62. The number of aromatic nitrogens is 2. The van der Waals surface area contributed by atoms with Crippen LogP contribution in [0.2, 0.25) is 0 Å². The van der Waals surface area contributed by atoms with Gasteiger partial charge in [0.15, 0.2) is 0 Å². The van der Waals surface area contributed by atoms with Gasteiger partial charge in [-0.25, -0.2) is 9.97 Å². The van der Waals surface area contributed by atoms with Crippen LogP contribution in [0.5, 0.6) is 0 Å². The summed E-state index contributed by atoms with van der Waals surface area (Å²) in [5, 5.41) is 5.90. The Bertz CT molecular complexity index is 421. The standard InChI is InChI=1S/C13H22N4O2/c1-9(2)15-12(18)11-8-10(3)16-13(17-11)14-6-5-7-19-4/h8-9H,5-7H2,1-4H3,(H,15,18)(H,14,16,17). The van der Waals surface area contributed by atoms with E-state index in [9.17, 15) is 4.79 Å². The van der Waals surface area contributed by atoms with Crippen molar-refractivity contribution in [2.75, 3.05) is 25.6 Å². The van der Waals surface area contributed by atoms with Crippen molar-refractivity contribution >= 4 is 11.9 Å². The molecule has 1 aromatic rings. The van der Waals surface area contributed by atoms with E-state index < -0.39 is 0 Å². The van der Waals surface area contributed by atoms with Gasteiger partial charge in [-0.1, -0.05) is 0 Å². The van der Waals surface area contributed by atoms with Crippen LogP contribution in [0.15, 0.2) is 6.07 Å². The van der Waals surface area contributed by atoms with Crippen molar-refractivity contribution in [1.29, 1.82) is 0 Å². The van der Waals surface area contributed by atoms with Crippen molar-refractivity contribution in [3.05, 3.63) is 17.5 Å². The first-order valence-corrected chi connectivity index (χ1v) is 6.42. The Balaban J connectivity index is 2.68. The summed E-state index contributed by atoms with van der Waals surface area (Å²) >= 11 is 0. The normalized spacial score (nSPS) is 10.6. The maximum absolute atomic E-state index is 11.9. The molecule has 1 heterocycles. The lowest BCUT2D eigenvalue weighted by Gasteiger charge is -2.10. The Hall–Kier alpha value is -1.69. The van der Waals surface area contributed by atoms with Crippen LogP contribution in [-0.4, -0.2) is 42.2 Å². The largest absolute Gasteiger partial charge is 0.385 e. The molecule has 0 aliphatic rings. The zero-order valence-electron chi connectivity index (χ0n) is 12.0. The highest BCUT2D eigenvalue weighted by Crippen LogP contribution is 2.05. The predicted molar refractivity (Wildman–Crippen MR) is 74.4 cm³/mol. The first kappa shape index (κ1) is 15.4. The van der Waals surface area contributed by atoms with E-state index in [1.807, 2.05) is 20.8 Å². The van der Waals surface area contributed by atoms with Crippen molar-refractivity contribution in [3.8, 4) is 0 Å². The topological polar surface area (TPSA) is 76.1 Å². The molecule has 6 heteroatoms. The number of anilines is 1. The molecule has 6 nitrogen and oxygen atoms in total. The quantitative estimate of drug-likeness (QED) is 0.729. The second-order valence-electron chi connectivity index (χ2n) is 4.62. The lowest BCUT2D eigenvalue weighted by atomic mass is 10.3. The Morgan fingerprint density at radius 2 is 2.16 bits per heavy atom. The number of nitrogens with zero attached hydrogens (tertiary/aromatic N) is 2. The minimum Gasteiger partial charge on any atom is -0.385 e. The number of rotatable bonds is 7. The number of methoxy groups -OCH3 is 1. The molecule has 0 aliphatic carbocycles. The molecule has 106 valence electrons. The van der Waals surface area contributed by atoms with Crippen molar-refractivity contribution in [2.24, 2.45) is 0 Å². The van der Waals surface area contributed by atoms with E-state index in [0.717, 1.165) is 12.1 Å². The summed E-state index contributed by atoms with van der Waals surface area (Å²) in [7, 11) is 1.66. The van der Waals surface area contributed by atoms with E-state index in [1.165, 1.54) is 0 Å². The fourth-order valence-corrected chi connectivity index (χ4v) is 1.52. The molecule has 0 atom stereocenters. The summed E-state index contributed by atoms with van der Waals surface area (Å²) in [5.41, 5.74) is 1.15. The van der Waals surface area contributed by atoms with E-state index in [0.29, 0.717) is 24.8 Å². The molecule has 0 spiro atoms. The van der Waals surface area contributed by atoms with Gasteiger partial charge in [0, 0.05) is 32.0 Å². The Kier molecular flexibility index (Phi) is 6.21. The first-order chi connectivity index (χ1) is 9.02. The summed E-state index contributed by atoms with van der Waals surface area (Å²) in [6.07, 6.45) is 0.862. The van der Waals surface area contributed by atoms with Crippen molar-refractivity contribution in [2.45, 2.75) is 33.2 Å². The Morgan fingerprint density at radius 1 is 1.42 bits per heavy atom. The van der Waals surface area contributed by atoms with Gasteiger partial charge in [-0.15, -0.1) is 0 Å². The van der Waals surface area contributed by atoms with E-state index in [2.05, 4.69) is 20.6 Å². The van der Waals surface area contributed by atoms with E-state index >= 15 is 0 Å². The molecule has 0 unspecified atom stereocenters.